The maximum atomic E-state index is 14.4. The van der Waals surface area contributed by atoms with Crippen molar-refractivity contribution in [3.8, 4) is 17.0 Å². The number of benzene rings is 2. The lowest BCUT2D eigenvalue weighted by Gasteiger charge is -2.32. The molecule has 2 aromatic carbocycles. The van der Waals surface area contributed by atoms with E-state index in [4.69, 9.17) is 15.6 Å². The largest absolute Gasteiger partial charge is 0.495 e. The molecule has 14 heteroatoms. The number of carbonyl (C=O) groups excluding carboxylic acids is 1. The van der Waals surface area contributed by atoms with Crippen LogP contribution in [0.5, 0.6) is 5.75 Å². The number of aromatic nitrogens is 5. The van der Waals surface area contributed by atoms with Crippen LogP contribution in [0.25, 0.3) is 22.3 Å². The van der Waals surface area contributed by atoms with Gasteiger partial charge in [0.05, 0.1) is 35.4 Å². The van der Waals surface area contributed by atoms with Crippen LogP contribution in [0, 0.1) is 5.82 Å². The fourth-order valence-electron chi connectivity index (χ4n) is 5.67. The summed E-state index contributed by atoms with van der Waals surface area (Å²) in [4.78, 5) is 23.9. The highest BCUT2D eigenvalue weighted by Crippen LogP contribution is 2.38. The lowest BCUT2D eigenvalue weighted by Crippen LogP contribution is -2.35. The Bertz CT molecular complexity index is 1880. The predicted octanol–water partition coefficient (Wildman–Crippen LogP) is 5.67. The van der Waals surface area contributed by atoms with Crippen molar-refractivity contribution in [1.29, 1.82) is 0 Å². The molecule has 1 aliphatic heterocycles. The molecule has 1 fully saturated rings. The number of alkyl halides is 3. The van der Waals surface area contributed by atoms with Crippen molar-refractivity contribution in [2.45, 2.75) is 31.6 Å². The number of carbonyl (C=O) groups is 1. The molecule has 1 aliphatic rings. The average Bonchev–Trinajstić information content (AvgIpc) is 3.61. The second kappa shape index (κ2) is 11.8. The zero-order valence-electron chi connectivity index (χ0n) is 24.5. The lowest BCUT2D eigenvalue weighted by atomic mass is 10.0. The monoisotopic (exact) mass is 622 g/mol. The number of piperidine rings is 1. The highest BCUT2D eigenvalue weighted by Gasteiger charge is 2.32. The molecule has 4 heterocycles. The fraction of sp³-hybridized carbons (Fsp3) is 0.290. The summed E-state index contributed by atoms with van der Waals surface area (Å²) in [6, 6.07) is 10.8. The SMILES string of the molecule is COc1cc(-c2nn(C3CCN(Cc4cccn4C)CC3)c3ncnc(N)c23)ccc1NC(=O)c1ccc(C(F)(F)F)cc1F. The van der Waals surface area contributed by atoms with Crippen LogP contribution in [-0.2, 0) is 19.8 Å². The van der Waals surface area contributed by atoms with Gasteiger partial charge in [-0.15, -0.1) is 0 Å². The lowest BCUT2D eigenvalue weighted by molar-refractivity contribution is -0.137. The van der Waals surface area contributed by atoms with Crippen molar-refractivity contribution >= 4 is 28.4 Å². The van der Waals surface area contributed by atoms with Crippen LogP contribution in [-0.4, -0.2) is 55.3 Å². The number of fused-ring (bicyclic) bond motifs is 1. The maximum absolute atomic E-state index is 14.4. The van der Waals surface area contributed by atoms with E-state index < -0.39 is 29.0 Å². The minimum Gasteiger partial charge on any atom is -0.495 e. The van der Waals surface area contributed by atoms with Gasteiger partial charge in [0.2, 0.25) is 0 Å². The Hall–Kier alpha value is -4.98. The van der Waals surface area contributed by atoms with Gasteiger partial charge in [-0.3, -0.25) is 9.69 Å². The maximum Gasteiger partial charge on any atom is 0.416 e. The number of halogens is 4. The van der Waals surface area contributed by atoms with Gasteiger partial charge in [0.15, 0.2) is 5.65 Å². The van der Waals surface area contributed by atoms with E-state index in [0.717, 1.165) is 38.5 Å². The van der Waals surface area contributed by atoms with Gasteiger partial charge in [-0.25, -0.2) is 19.0 Å². The third kappa shape index (κ3) is 5.92. The van der Waals surface area contributed by atoms with E-state index in [1.54, 1.807) is 18.2 Å². The zero-order chi connectivity index (χ0) is 31.9. The van der Waals surface area contributed by atoms with Crippen molar-refractivity contribution in [2.24, 2.45) is 7.05 Å². The topological polar surface area (TPSA) is 116 Å². The number of methoxy groups -OCH3 is 1. The van der Waals surface area contributed by atoms with Gasteiger partial charge in [0.1, 0.15) is 29.4 Å². The highest BCUT2D eigenvalue weighted by atomic mass is 19.4. The van der Waals surface area contributed by atoms with Gasteiger partial charge in [0.25, 0.3) is 5.91 Å². The first-order valence-corrected chi connectivity index (χ1v) is 14.2. The van der Waals surface area contributed by atoms with Crippen molar-refractivity contribution in [2.75, 3.05) is 31.2 Å². The molecule has 1 saturated heterocycles. The molecule has 234 valence electrons. The van der Waals surface area contributed by atoms with E-state index in [2.05, 4.69) is 30.8 Å². The quantitative estimate of drug-likeness (QED) is 0.225. The summed E-state index contributed by atoms with van der Waals surface area (Å²) in [5.74, 6) is -1.74. The Kier molecular flexibility index (Phi) is 7.91. The molecule has 0 atom stereocenters. The zero-order valence-corrected chi connectivity index (χ0v) is 24.5. The van der Waals surface area contributed by atoms with Crippen LogP contribution in [0.4, 0.5) is 29.1 Å². The molecule has 6 rings (SSSR count). The van der Waals surface area contributed by atoms with Crippen molar-refractivity contribution < 1.29 is 27.1 Å². The summed E-state index contributed by atoms with van der Waals surface area (Å²) in [5.41, 5.74) is 7.76. The molecule has 3 aromatic heterocycles. The number of likely N-dealkylation sites (tertiary alicyclic amines) is 1. The number of nitrogens with zero attached hydrogens (tertiary/aromatic N) is 6. The number of aryl methyl sites for hydroxylation is 1. The first kappa shape index (κ1) is 30.1. The van der Waals surface area contributed by atoms with Crippen LogP contribution >= 0.6 is 0 Å². The fourth-order valence-corrected chi connectivity index (χ4v) is 5.67. The Morgan fingerprint density at radius 1 is 1.11 bits per heavy atom. The first-order valence-electron chi connectivity index (χ1n) is 14.2. The molecule has 0 unspecified atom stereocenters. The molecule has 0 spiro atoms. The van der Waals surface area contributed by atoms with Crippen LogP contribution in [0.1, 0.15) is 40.5 Å². The third-order valence-electron chi connectivity index (χ3n) is 8.12. The molecule has 1 amide bonds. The van der Waals surface area contributed by atoms with Gasteiger partial charge in [-0.2, -0.15) is 18.3 Å². The summed E-state index contributed by atoms with van der Waals surface area (Å²) < 4.78 is 62.8. The number of amides is 1. The third-order valence-corrected chi connectivity index (χ3v) is 8.12. The van der Waals surface area contributed by atoms with E-state index in [0.29, 0.717) is 28.4 Å². The van der Waals surface area contributed by atoms with Gasteiger partial charge in [-0.05, 0) is 55.3 Å². The van der Waals surface area contributed by atoms with Crippen LogP contribution in [0.3, 0.4) is 0 Å². The number of rotatable bonds is 7. The number of nitrogen functional groups attached to an aromatic ring is 1. The summed E-state index contributed by atoms with van der Waals surface area (Å²) in [5, 5.41) is 8.04. The molecule has 5 aromatic rings. The molecule has 0 saturated carbocycles. The summed E-state index contributed by atoms with van der Waals surface area (Å²) in [6.07, 6.45) is 0.431. The standard InChI is InChI=1S/C31H30F4N8O2/c1-41-11-3-4-21(41)16-42-12-9-20(10-13-42)43-29-26(28(36)37-17-38-29)27(40-43)18-5-8-24(25(14-18)45-2)39-30(44)22-7-6-19(15-23(22)32)31(33,34)35/h3-8,11,14-15,17,20H,9-10,12-13,16H2,1-2H3,(H,39,44)(H2,36,37,38). The van der Waals surface area contributed by atoms with E-state index >= 15 is 0 Å². The molecule has 10 nitrogen and oxygen atoms in total. The number of ether oxygens (including phenoxy) is 1. The number of nitrogens with two attached hydrogens (primary N) is 1. The Balaban J connectivity index is 1.26. The van der Waals surface area contributed by atoms with E-state index in [1.807, 2.05) is 24.0 Å². The number of hydrogen-bond donors (Lipinski definition) is 2. The summed E-state index contributed by atoms with van der Waals surface area (Å²) in [7, 11) is 3.43. The number of hydrogen-bond acceptors (Lipinski definition) is 7. The molecule has 3 N–H and O–H groups in total. The molecule has 0 radical (unpaired) electrons. The molecule has 0 bridgehead atoms. The minimum absolute atomic E-state index is 0.0827. The highest BCUT2D eigenvalue weighted by molar-refractivity contribution is 6.06. The van der Waals surface area contributed by atoms with Crippen LogP contribution in [0.2, 0.25) is 0 Å². The molecule has 0 aliphatic carbocycles. The Morgan fingerprint density at radius 3 is 2.56 bits per heavy atom. The van der Waals surface area contributed by atoms with Crippen molar-refractivity contribution in [3.05, 3.63) is 83.7 Å². The summed E-state index contributed by atoms with van der Waals surface area (Å²) >= 11 is 0. The number of anilines is 2. The Labute approximate surface area is 255 Å². The van der Waals surface area contributed by atoms with Gasteiger partial charge in [0, 0.05) is 44.1 Å². The van der Waals surface area contributed by atoms with E-state index in [1.165, 1.54) is 19.1 Å². The molecule has 45 heavy (non-hydrogen) atoms. The van der Waals surface area contributed by atoms with Gasteiger partial charge < -0.3 is 20.4 Å². The van der Waals surface area contributed by atoms with Crippen LogP contribution in [0.15, 0.2) is 61.1 Å². The van der Waals surface area contributed by atoms with E-state index in [9.17, 15) is 22.4 Å². The number of nitrogens with one attached hydrogen (secondary N) is 1. The summed E-state index contributed by atoms with van der Waals surface area (Å²) in [6.45, 7) is 2.63. The van der Waals surface area contributed by atoms with Crippen molar-refractivity contribution in [1.82, 2.24) is 29.2 Å². The van der Waals surface area contributed by atoms with E-state index in [-0.39, 0.29) is 29.4 Å². The molecular formula is C31H30F4N8O2. The Morgan fingerprint density at radius 2 is 1.89 bits per heavy atom. The minimum atomic E-state index is -4.74. The molecular weight excluding hydrogens is 592 g/mol. The van der Waals surface area contributed by atoms with Crippen LogP contribution < -0.4 is 15.8 Å². The second-order valence-electron chi connectivity index (χ2n) is 10.9. The second-order valence-corrected chi connectivity index (χ2v) is 10.9. The van der Waals surface area contributed by atoms with Crippen molar-refractivity contribution in [3.63, 3.8) is 0 Å². The predicted molar refractivity (Wildman–Crippen MR) is 160 cm³/mol. The average molecular weight is 623 g/mol. The first-order chi connectivity index (χ1) is 21.5. The normalized spacial score (nSPS) is 14.6. The smallest absolute Gasteiger partial charge is 0.416 e. The van der Waals surface area contributed by atoms with Gasteiger partial charge >= 0.3 is 6.18 Å². The van der Waals surface area contributed by atoms with Gasteiger partial charge in [-0.1, -0.05) is 6.07 Å².